The van der Waals surface area contributed by atoms with Gasteiger partial charge in [0.1, 0.15) is 0 Å². The van der Waals surface area contributed by atoms with E-state index >= 15 is 0 Å². The van der Waals surface area contributed by atoms with Crippen molar-refractivity contribution < 1.29 is 0 Å². The molecule has 0 aromatic heterocycles. The van der Waals surface area contributed by atoms with E-state index in [1.165, 1.54) is 87.6 Å². The van der Waals surface area contributed by atoms with Crippen molar-refractivity contribution in [1.82, 2.24) is 0 Å². The summed E-state index contributed by atoms with van der Waals surface area (Å²) in [4.78, 5) is 2.37. The zero-order valence-electron chi connectivity index (χ0n) is 32.5. The van der Waals surface area contributed by atoms with Crippen molar-refractivity contribution in [3.05, 3.63) is 237 Å². The van der Waals surface area contributed by atoms with E-state index in [-0.39, 0.29) is 0 Å². The fourth-order valence-corrected chi connectivity index (χ4v) is 9.01. The molecular weight excluding hydrogens is 711 g/mol. The molecule has 1 heteroatoms. The van der Waals surface area contributed by atoms with Gasteiger partial charge in [-0.25, -0.2) is 0 Å². The zero-order chi connectivity index (χ0) is 39.1. The molecule has 11 aromatic rings. The molecule has 0 bridgehead atoms. The van der Waals surface area contributed by atoms with Crippen molar-refractivity contribution in [3.63, 3.8) is 0 Å². The van der Waals surface area contributed by atoms with E-state index in [9.17, 15) is 0 Å². The number of rotatable bonds is 7. The van der Waals surface area contributed by atoms with Crippen LogP contribution in [0.2, 0.25) is 0 Å². The summed E-state index contributed by atoms with van der Waals surface area (Å²) in [5.74, 6) is 0. The van der Waals surface area contributed by atoms with E-state index in [0.29, 0.717) is 0 Å². The van der Waals surface area contributed by atoms with Crippen LogP contribution in [0.4, 0.5) is 17.1 Å². The number of hydrogen-bond donors (Lipinski definition) is 0. The number of hydrogen-bond acceptors (Lipinski definition) is 1. The van der Waals surface area contributed by atoms with Gasteiger partial charge < -0.3 is 4.90 Å². The molecule has 0 aliphatic carbocycles. The van der Waals surface area contributed by atoms with Gasteiger partial charge in [-0.15, -0.1) is 0 Å². The van der Waals surface area contributed by atoms with Crippen molar-refractivity contribution in [2.24, 2.45) is 0 Å². The Bertz CT molecular complexity index is 3280. The Hall–Kier alpha value is -7.74. The van der Waals surface area contributed by atoms with Crippen molar-refractivity contribution in [3.8, 4) is 44.5 Å². The van der Waals surface area contributed by atoms with Gasteiger partial charge in [-0.05, 0) is 130 Å². The Morgan fingerprint density at radius 3 is 1.25 bits per heavy atom. The molecule has 0 unspecified atom stereocenters. The maximum absolute atomic E-state index is 2.37. The van der Waals surface area contributed by atoms with Crippen LogP contribution >= 0.6 is 0 Å². The van der Waals surface area contributed by atoms with Crippen molar-refractivity contribution in [2.75, 3.05) is 4.90 Å². The SMILES string of the molecule is c1ccc(-c2c(-c3ccc(N(c4ccc(-c5ccc6ccccc6c5)cc4)c4ccc(-c5cccc6ccccc56)cc4)cc3)c3ccccc3c3ccccc23)cc1. The lowest BCUT2D eigenvalue weighted by molar-refractivity contribution is 1.28. The molecule has 0 amide bonds. The molecule has 0 radical (unpaired) electrons. The fraction of sp³-hybridized carbons (Fsp3) is 0. The van der Waals surface area contributed by atoms with Crippen LogP contribution in [0.25, 0.3) is 87.6 Å². The minimum absolute atomic E-state index is 1.09. The number of fused-ring (bicyclic) bond motifs is 5. The van der Waals surface area contributed by atoms with Crippen LogP contribution in [-0.2, 0) is 0 Å². The third kappa shape index (κ3) is 6.21. The summed E-state index contributed by atoms with van der Waals surface area (Å²) in [6.45, 7) is 0. The summed E-state index contributed by atoms with van der Waals surface area (Å²) in [6.07, 6.45) is 0. The van der Waals surface area contributed by atoms with Gasteiger partial charge >= 0.3 is 0 Å². The first kappa shape index (κ1) is 34.5. The maximum Gasteiger partial charge on any atom is 0.0462 e. The van der Waals surface area contributed by atoms with Gasteiger partial charge in [0.05, 0.1) is 0 Å². The highest BCUT2D eigenvalue weighted by molar-refractivity contribution is 6.21. The molecule has 0 heterocycles. The van der Waals surface area contributed by atoms with Crippen LogP contribution < -0.4 is 4.90 Å². The maximum atomic E-state index is 2.37. The van der Waals surface area contributed by atoms with Crippen LogP contribution in [0.15, 0.2) is 237 Å². The first-order chi connectivity index (χ1) is 29.3. The summed E-state index contributed by atoms with van der Waals surface area (Å²) in [5, 5.41) is 10.1. The van der Waals surface area contributed by atoms with E-state index in [0.717, 1.165) is 17.1 Å². The summed E-state index contributed by atoms with van der Waals surface area (Å²) in [7, 11) is 0. The number of nitrogens with zero attached hydrogens (tertiary/aromatic N) is 1. The summed E-state index contributed by atoms with van der Waals surface area (Å²) < 4.78 is 0. The predicted molar refractivity (Wildman–Crippen MR) is 253 cm³/mol. The summed E-state index contributed by atoms with van der Waals surface area (Å²) in [5.41, 5.74) is 13.0. The van der Waals surface area contributed by atoms with E-state index in [1.54, 1.807) is 0 Å². The van der Waals surface area contributed by atoms with Crippen molar-refractivity contribution in [1.29, 1.82) is 0 Å². The molecule has 0 fully saturated rings. The molecule has 0 spiro atoms. The Morgan fingerprint density at radius 1 is 0.220 bits per heavy atom. The highest BCUT2D eigenvalue weighted by Gasteiger charge is 2.19. The molecule has 0 aliphatic rings. The first-order valence-corrected chi connectivity index (χ1v) is 20.3. The van der Waals surface area contributed by atoms with Gasteiger partial charge in [0, 0.05) is 17.1 Å². The van der Waals surface area contributed by atoms with E-state index in [1.807, 2.05) is 0 Å². The van der Waals surface area contributed by atoms with Crippen molar-refractivity contribution >= 4 is 60.2 Å². The molecule has 1 nitrogen and oxygen atoms in total. The van der Waals surface area contributed by atoms with Crippen LogP contribution in [0.3, 0.4) is 0 Å². The van der Waals surface area contributed by atoms with Gasteiger partial charge in [0.15, 0.2) is 0 Å². The third-order valence-corrected chi connectivity index (χ3v) is 11.8. The second kappa shape index (κ2) is 14.6. The highest BCUT2D eigenvalue weighted by atomic mass is 15.1. The van der Waals surface area contributed by atoms with Gasteiger partial charge in [-0.2, -0.15) is 0 Å². The van der Waals surface area contributed by atoms with Gasteiger partial charge in [-0.1, -0.05) is 194 Å². The second-order valence-electron chi connectivity index (χ2n) is 15.3. The summed E-state index contributed by atoms with van der Waals surface area (Å²) >= 11 is 0. The van der Waals surface area contributed by atoms with E-state index < -0.39 is 0 Å². The Labute approximate surface area is 344 Å². The van der Waals surface area contributed by atoms with Gasteiger partial charge in [0.25, 0.3) is 0 Å². The third-order valence-electron chi connectivity index (χ3n) is 11.8. The lowest BCUT2D eigenvalue weighted by Crippen LogP contribution is -2.09. The molecule has 11 rings (SSSR count). The number of benzene rings is 11. The average molecular weight is 750 g/mol. The van der Waals surface area contributed by atoms with Gasteiger partial charge in [0.2, 0.25) is 0 Å². The van der Waals surface area contributed by atoms with Gasteiger partial charge in [-0.3, -0.25) is 0 Å². The normalized spacial score (nSPS) is 11.4. The number of anilines is 3. The highest BCUT2D eigenvalue weighted by Crippen LogP contribution is 2.46. The molecule has 0 N–H and O–H groups in total. The van der Waals surface area contributed by atoms with Crippen molar-refractivity contribution in [2.45, 2.75) is 0 Å². The molecule has 0 saturated carbocycles. The molecule has 59 heavy (non-hydrogen) atoms. The zero-order valence-corrected chi connectivity index (χ0v) is 32.5. The molecule has 0 aliphatic heterocycles. The predicted octanol–water partition coefficient (Wildman–Crippen LogP) is 16.4. The molecule has 0 saturated heterocycles. The van der Waals surface area contributed by atoms with Crippen LogP contribution in [0, 0.1) is 0 Å². The van der Waals surface area contributed by atoms with Crippen LogP contribution in [-0.4, -0.2) is 0 Å². The van der Waals surface area contributed by atoms with Crippen LogP contribution in [0.5, 0.6) is 0 Å². The smallest absolute Gasteiger partial charge is 0.0462 e. The molecule has 276 valence electrons. The lowest BCUT2D eigenvalue weighted by atomic mass is 9.85. The fourth-order valence-electron chi connectivity index (χ4n) is 9.01. The molecular formula is C58H39N. The Balaban J connectivity index is 1.04. The second-order valence-corrected chi connectivity index (χ2v) is 15.3. The minimum atomic E-state index is 1.09. The largest absolute Gasteiger partial charge is 0.311 e. The average Bonchev–Trinajstić information content (AvgIpc) is 3.32. The lowest BCUT2D eigenvalue weighted by Gasteiger charge is -2.26. The minimum Gasteiger partial charge on any atom is -0.311 e. The Kier molecular flexibility index (Phi) is 8.56. The summed E-state index contributed by atoms with van der Waals surface area (Å²) in [6, 6.07) is 86.2. The monoisotopic (exact) mass is 749 g/mol. The van der Waals surface area contributed by atoms with E-state index in [2.05, 4.69) is 241 Å². The molecule has 11 aromatic carbocycles. The topological polar surface area (TPSA) is 3.24 Å². The first-order valence-electron chi connectivity index (χ1n) is 20.3. The van der Waals surface area contributed by atoms with E-state index in [4.69, 9.17) is 0 Å². The Morgan fingerprint density at radius 2 is 0.644 bits per heavy atom. The van der Waals surface area contributed by atoms with Crippen LogP contribution in [0.1, 0.15) is 0 Å². The standard InChI is InChI=1S/C58H39N/c1-2-15-44(16-3-1)57-55-22-10-8-20-53(55)54-21-9-11-23-56(54)58(57)45-31-37-50(38-32-45)59(48-33-27-41(28-34-48)47-26-25-40-13-4-5-17-46(40)39-47)49-35-29-43(30-36-49)52-24-12-18-42-14-6-7-19-51(42)52/h1-39H. The molecule has 0 atom stereocenters. The quantitative estimate of drug-likeness (QED) is 0.147.